The predicted molar refractivity (Wildman–Crippen MR) is 85.6 cm³/mol. The normalized spacial score (nSPS) is 11.0. The van der Waals surface area contributed by atoms with Gasteiger partial charge in [0, 0.05) is 29.0 Å². The Morgan fingerprint density at radius 3 is 2.35 bits per heavy atom. The molecule has 1 N–H and O–H groups in total. The molecule has 7 heteroatoms. The van der Waals surface area contributed by atoms with Gasteiger partial charge >= 0.3 is 5.97 Å². The van der Waals surface area contributed by atoms with E-state index in [0.717, 1.165) is 11.3 Å². The van der Waals surface area contributed by atoms with Crippen LogP contribution in [0.5, 0.6) is 0 Å². The molecule has 23 heavy (non-hydrogen) atoms. The summed E-state index contributed by atoms with van der Waals surface area (Å²) in [5, 5.41) is 18.1. The predicted octanol–water partition coefficient (Wildman–Crippen LogP) is 3.71. The van der Waals surface area contributed by atoms with E-state index in [-0.39, 0.29) is 11.5 Å². The van der Waals surface area contributed by atoms with Crippen LogP contribution in [0, 0.1) is 13.8 Å². The van der Waals surface area contributed by atoms with Crippen molar-refractivity contribution in [3.8, 4) is 22.9 Å². The van der Waals surface area contributed by atoms with E-state index in [0.29, 0.717) is 22.2 Å². The number of halogens is 1. The van der Waals surface area contributed by atoms with Crippen molar-refractivity contribution in [1.29, 1.82) is 0 Å². The van der Waals surface area contributed by atoms with Crippen molar-refractivity contribution in [3.63, 3.8) is 0 Å². The van der Waals surface area contributed by atoms with Crippen LogP contribution in [0.25, 0.3) is 22.9 Å². The van der Waals surface area contributed by atoms with E-state index in [4.69, 9.17) is 16.0 Å². The van der Waals surface area contributed by atoms with Gasteiger partial charge < -0.3 is 14.1 Å². The molecule has 0 radical (unpaired) electrons. The minimum Gasteiger partial charge on any atom is -0.478 e. The molecule has 3 rings (SSSR count). The van der Waals surface area contributed by atoms with Crippen LogP contribution in [0.15, 0.2) is 28.7 Å². The van der Waals surface area contributed by atoms with Crippen LogP contribution in [0.2, 0.25) is 5.02 Å². The summed E-state index contributed by atoms with van der Waals surface area (Å²) in [7, 11) is 1.80. The molecule has 0 unspecified atom stereocenters. The first-order chi connectivity index (χ1) is 10.9. The molecule has 0 atom stereocenters. The zero-order valence-corrected chi connectivity index (χ0v) is 13.5. The first kappa shape index (κ1) is 15.3. The molecule has 0 amide bonds. The van der Waals surface area contributed by atoms with Gasteiger partial charge in [0.1, 0.15) is 0 Å². The Morgan fingerprint density at radius 2 is 1.74 bits per heavy atom. The minimum absolute atomic E-state index is 0.177. The number of nitrogens with zero attached hydrogens (tertiary/aromatic N) is 3. The van der Waals surface area contributed by atoms with Crippen LogP contribution in [-0.4, -0.2) is 25.8 Å². The van der Waals surface area contributed by atoms with Crippen LogP contribution in [0.1, 0.15) is 21.7 Å². The lowest BCUT2D eigenvalue weighted by atomic mass is 10.1. The number of carboxylic acid groups (broad SMARTS) is 1. The van der Waals surface area contributed by atoms with E-state index in [2.05, 4.69) is 10.2 Å². The second-order valence-corrected chi connectivity index (χ2v) is 5.64. The van der Waals surface area contributed by atoms with Crippen LogP contribution in [-0.2, 0) is 7.05 Å². The van der Waals surface area contributed by atoms with Gasteiger partial charge in [-0.25, -0.2) is 4.79 Å². The molecule has 118 valence electrons. The van der Waals surface area contributed by atoms with Gasteiger partial charge in [-0.05, 0) is 38.1 Å². The number of aromatic nitrogens is 3. The summed E-state index contributed by atoms with van der Waals surface area (Å²) in [5.41, 5.74) is 2.74. The lowest BCUT2D eigenvalue weighted by Crippen LogP contribution is -2.00. The monoisotopic (exact) mass is 331 g/mol. The highest BCUT2D eigenvalue weighted by Gasteiger charge is 2.26. The Kier molecular flexibility index (Phi) is 3.69. The first-order valence-electron chi connectivity index (χ1n) is 6.89. The Hall–Kier alpha value is -2.60. The van der Waals surface area contributed by atoms with E-state index in [1.165, 1.54) is 0 Å². The fourth-order valence-corrected chi connectivity index (χ4v) is 2.63. The second kappa shape index (κ2) is 5.55. The van der Waals surface area contributed by atoms with Crippen molar-refractivity contribution in [2.75, 3.05) is 0 Å². The molecular formula is C16H14ClN3O3. The topological polar surface area (TPSA) is 81.2 Å². The number of benzene rings is 1. The smallest absolute Gasteiger partial charge is 0.338 e. The van der Waals surface area contributed by atoms with Gasteiger partial charge in [0.15, 0.2) is 0 Å². The highest BCUT2D eigenvalue weighted by molar-refractivity contribution is 6.30. The third kappa shape index (κ3) is 2.51. The third-order valence-corrected chi connectivity index (χ3v) is 4.18. The maximum Gasteiger partial charge on any atom is 0.338 e. The second-order valence-electron chi connectivity index (χ2n) is 5.20. The van der Waals surface area contributed by atoms with Crippen molar-refractivity contribution >= 4 is 17.6 Å². The third-order valence-electron chi connectivity index (χ3n) is 3.92. The number of rotatable bonds is 3. The summed E-state index contributed by atoms with van der Waals surface area (Å²) in [5.74, 6) is -0.519. The molecule has 1 aromatic carbocycles. The Bertz CT molecular complexity index is 894. The van der Waals surface area contributed by atoms with Crippen LogP contribution >= 0.6 is 11.6 Å². The maximum absolute atomic E-state index is 11.6. The number of hydrogen-bond donors (Lipinski definition) is 1. The fraction of sp³-hybridized carbons (Fsp3) is 0.188. The molecule has 0 spiro atoms. The van der Waals surface area contributed by atoms with Crippen molar-refractivity contribution in [3.05, 3.63) is 46.2 Å². The molecule has 2 aromatic heterocycles. The van der Waals surface area contributed by atoms with E-state index in [9.17, 15) is 9.90 Å². The average molecular weight is 332 g/mol. The van der Waals surface area contributed by atoms with Crippen molar-refractivity contribution in [2.45, 2.75) is 13.8 Å². The molecule has 0 fully saturated rings. The summed E-state index contributed by atoms with van der Waals surface area (Å²) < 4.78 is 7.49. The highest BCUT2D eigenvalue weighted by Crippen LogP contribution is 2.32. The molecule has 0 aliphatic heterocycles. The molecule has 0 aliphatic rings. The van der Waals surface area contributed by atoms with E-state index in [1.807, 2.05) is 6.92 Å². The van der Waals surface area contributed by atoms with E-state index in [1.54, 1.807) is 42.8 Å². The number of carbonyl (C=O) groups is 1. The summed E-state index contributed by atoms with van der Waals surface area (Å²) in [4.78, 5) is 11.6. The van der Waals surface area contributed by atoms with E-state index < -0.39 is 5.97 Å². The Morgan fingerprint density at radius 1 is 1.13 bits per heavy atom. The summed E-state index contributed by atoms with van der Waals surface area (Å²) in [6, 6.07) is 6.98. The zero-order valence-electron chi connectivity index (χ0n) is 12.8. The Labute approximate surface area is 137 Å². The van der Waals surface area contributed by atoms with Gasteiger partial charge in [-0.2, -0.15) is 0 Å². The summed E-state index contributed by atoms with van der Waals surface area (Å²) in [6.07, 6.45) is 0. The number of aromatic carboxylic acids is 1. The van der Waals surface area contributed by atoms with Crippen LogP contribution in [0.3, 0.4) is 0 Å². The molecule has 2 heterocycles. The standard InChI is InChI=1S/C16H14ClN3O3/c1-8-12(13(16(21)22)9(2)20(8)3)15-19-18-14(23-15)10-4-6-11(17)7-5-10/h4-7H,1-3H3,(H,21,22). The Balaban J connectivity index is 2.13. The molecular weight excluding hydrogens is 318 g/mol. The number of hydrogen-bond acceptors (Lipinski definition) is 4. The fourth-order valence-electron chi connectivity index (χ4n) is 2.51. The zero-order chi connectivity index (χ0) is 16.7. The lowest BCUT2D eigenvalue weighted by molar-refractivity contribution is 0.0696. The summed E-state index contributed by atoms with van der Waals surface area (Å²) >= 11 is 5.86. The molecule has 0 bridgehead atoms. The van der Waals surface area contributed by atoms with Gasteiger partial charge in [0.05, 0.1) is 11.1 Å². The molecule has 3 aromatic rings. The van der Waals surface area contributed by atoms with Gasteiger partial charge in [-0.3, -0.25) is 0 Å². The first-order valence-corrected chi connectivity index (χ1v) is 7.27. The molecule has 0 saturated carbocycles. The SMILES string of the molecule is Cc1c(C(=O)O)c(-c2nnc(-c3ccc(Cl)cc3)o2)c(C)n1C. The average Bonchev–Trinajstić information content (AvgIpc) is 3.07. The van der Waals surface area contributed by atoms with Crippen LogP contribution in [0.4, 0.5) is 0 Å². The number of carboxylic acids is 1. The minimum atomic E-state index is -1.02. The highest BCUT2D eigenvalue weighted by atomic mass is 35.5. The van der Waals surface area contributed by atoms with Crippen molar-refractivity contribution in [1.82, 2.24) is 14.8 Å². The van der Waals surface area contributed by atoms with Crippen LogP contribution < -0.4 is 0 Å². The molecule has 0 saturated heterocycles. The van der Waals surface area contributed by atoms with Gasteiger partial charge in [-0.1, -0.05) is 11.6 Å². The quantitative estimate of drug-likeness (QED) is 0.791. The lowest BCUT2D eigenvalue weighted by Gasteiger charge is -1.98. The van der Waals surface area contributed by atoms with Gasteiger partial charge in [0.25, 0.3) is 5.89 Å². The summed E-state index contributed by atoms with van der Waals surface area (Å²) in [6.45, 7) is 3.57. The molecule has 6 nitrogen and oxygen atoms in total. The van der Waals surface area contributed by atoms with Crippen molar-refractivity contribution < 1.29 is 14.3 Å². The van der Waals surface area contributed by atoms with Crippen molar-refractivity contribution in [2.24, 2.45) is 7.05 Å². The van der Waals surface area contributed by atoms with Gasteiger partial charge in [0.2, 0.25) is 5.89 Å². The maximum atomic E-state index is 11.6. The van der Waals surface area contributed by atoms with E-state index >= 15 is 0 Å². The van der Waals surface area contributed by atoms with Gasteiger partial charge in [-0.15, -0.1) is 10.2 Å². The largest absolute Gasteiger partial charge is 0.478 e. The molecule has 0 aliphatic carbocycles.